The molecule has 2 heterocycles. The first-order chi connectivity index (χ1) is 16.5. The van der Waals surface area contributed by atoms with Gasteiger partial charge in [0.05, 0.1) is 11.1 Å². The lowest BCUT2D eigenvalue weighted by molar-refractivity contribution is -0.113. The van der Waals surface area contributed by atoms with Gasteiger partial charge in [-0.2, -0.15) is 0 Å². The maximum absolute atomic E-state index is 13.2. The SMILES string of the molecule is CCN(CC)C(=O)c1cccc(NC(=O)CSc2nc3sc4c(c3c(=O)n2CC)CCCC4)c1. The van der Waals surface area contributed by atoms with Crippen LogP contribution in [0.1, 0.15) is 54.4 Å². The summed E-state index contributed by atoms with van der Waals surface area (Å²) in [6, 6.07) is 6.99. The van der Waals surface area contributed by atoms with Crippen LogP contribution in [0.5, 0.6) is 0 Å². The zero-order chi connectivity index (χ0) is 24.2. The number of nitrogens with one attached hydrogen (secondary N) is 1. The van der Waals surface area contributed by atoms with Crippen molar-refractivity contribution in [1.29, 1.82) is 0 Å². The van der Waals surface area contributed by atoms with Gasteiger partial charge in [-0.15, -0.1) is 11.3 Å². The molecule has 0 bridgehead atoms. The van der Waals surface area contributed by atoms with Gasteiger partial charge in [0.25, 0.3) is 11.5 Å². The molecule has 0 spiro atoms. The summed E-state index contributed by atoms with van der Waals surface area (Å²) in [6.07, 6.45) is 4.23. The molecule has 1 aliphatic rings. The number of fused-ring (bicyclic) bond motifs is 3. The molecule has 0 saturated carbocycles. The van der Waals surface area contributed by atoms with Gasteiger partial charge in [0.2, 0.25) is 5.91 Å². The zero-order valence-corrected chi connectivity index (χ0v) is 21.5. The highest BCUT2D eigenvalue weighted by Gasteiger charge is 2.22. The third-order valence-electron chi connectivity index (χ3n) is 6.13. The van der Waals surface area contributed by atoms with Gasteiger partial charge in [-0.3, -0.25) is 19.0 Å². The van der Waals surface area contributed by atoms with Crippen molar-refractivity contribution in [2.45, 2.75) is 58.2 Å². The lowest BCUT2D eigenvalue weighted by atomic mass is 9.97. The van der Waals surface area contributed by atoms with Crippen molar-refractivity contribution in [3.05, 3.63) is 50.6 Å². The number of benzene rings is 1. The van der Waals surface area contributed by atoms with E-state index >= 15 is 0 Å². The minimum atomic E-state index is -0.208. The summed E-state index contributed by atoms with van der Waals surface area (Å²) < 4.78 is 1.67. The molecule has 7 nitrogen and oxygen atoms in total. The standard InChI is InChI=1S/C25H30N4O3S2/c1-4-28(5-2)23(31)16-10-9-11-17(14-16)26-20(30)15-33-25-27-22-21(24(32)29(25)6-3)18-12-7-8-13-19(18)34-22/h9-11,14H,4-8,12-13,15H2,1-3H3,(H,26,30). The van der Waals surface area contributed by atoms with Gasteiger partial charge in [-0.1, -0.05) is 17.8 Å². The van der Waals surface area contributed by atoms with Gasteiger partial charge in [0, 0.05) is 35.8 Å². The number of aryl methyl sites for hydroxylation is 2. The third-order valence-corrected chi connectivity index (χ3v) is 8.29. The molecule has 0 aliphatic heterocycles. The van der Waals surface area contributed by atoms with Gasteiger partial charge in [0.1, 0.15) is 4.83 Å². The maximum atomic E-state index is 13.2. The van der Waals surface area contributed by atoms with E-state index in [2.05, 4.69) is 5.32 Å². The van der Waals surface area contributed by atoms with E-state index in [-0.39, 0.29) is 23.1 Å². The van der Waals surface area contributed by atoms with Gasteiger partial charge in [-0.25, -0.2) is 4.98 Å². The van der Waals surface area contributed by atoms with E-state index in [1.807, 2.05) is 20.8 Å². The largest absolute Gasteiger partial charge is 0.339 e. The van der Waals surface area contributed by atoms with Gasteiger partial charge < -0.3 is 10.2 Å². The van der Waals surface area contributed by atoms with Crippen molar-refractivity contribution in [3.8, 4) is 0 Å². The molecule has 1 aromatic carbocycles. The number of thioether (sulfide) groups is 1. The van der Waals surface area contributed by atoms with Crippen molar-refractivity contribution in [3.63, 3.8) is 0 Å². The van der Waals surface area contributed by atoms with Gasteiger partial charge in [0.15, 0.2) is 5.16 Å². The van der Waals surface area contributed by atoms with Crippen LogP contribution >= 0.6 is 23.1 Å². The number of aromatic nitrogens is 2. The zero-order valence-electron chi connectivity index (χ0n) is 19.8. The number of carbonyl (C=O) groups is 2. The number of nitrogens with zero attached hydrogens (tertiary/aromatic N) is 3. The summed E-state index contributed by atoms with van der Waals surface area (Å²) in [5.74, 6) is -0.143. The Morgan fingerprint density at radius 2 is 1.94 bits per heavy atom. The smallest absolute Gasteiger partial charge is 0.263 e. The third kappa shape index (κ3) is 4.90. The average Bonchev–Trinajstić information content (AvgIpc) is 3.22. The first kappa shape index (κ1) is 24.5. The fourth-order valence-electron chi connectivity index (χ4n) is 4.36. The van der Waals surface area contributed by atoms with Crippen molar-refractivity contribution < 1.29 is 9.59 Å². The monoisotopic (exact) mass is 498 g/mol. The lowest BCUT2D eigenvalue weighted by Crippen LogP contribution is -2.30. The number of rotatable bonds is 8. The molecule has 1 aliphatic carbocycles. The molecule has 1 N–H and O–H groups in total. The van der Waals surface area contributed by atoms with Crippen molar-refractivity contribution in [2.24, 2.45) is 0 Å². The number of amides is 2. The second-order valence-corrected chi connectivity index (χ2v) is 10.3. The second-order valence-electron chi connectivity index (χ2n) is 8.23. The Labute approximate surface area is 207 Å². The summed E-state index contributed by atoms with van der Waals surface area (Å²) in [6.45, 7) is 7.58. The van der Waals surface area contributed by atoms with Crippen LogP contribution in [-0.4, -0.2) is 45.1 Å². The molecule has 34 heavy (non-hydrogen) atoms. The normalized spacial score (nSPS) is 13.0. The first-order valence-corrected chi connectivity index (χ1v) is 13.6. The Bertz CT molecular complexity index is 1280. The quantitative estimate of drug-likeness (QED) is 0.363. The minimum absolute atomic E-state index is 0.00238. The summed E-state index contributed by atoms with van der Waals surface area (Å²) in [5.41, 5.74) is 2.30. The summed E-state index contributed by atoms with van der Waals surface area (Å²) in [4.78, 5) is 47.1. The van der Waals surface area contributed by atoms with E-state index < -0.39 is 0 Å². The first-order valence-electron chi connectivity index (χ1n) is 11.8. The van der Waals surface area contributed by atoms with Crippen LogP contribution in [-0.2, 0) is 24.2 Å². The summed E-state index contributed by atoms with van der Waals surface area (Å²) in [7, 11) is 0. The van der Waals surface area contributed by atoms with E-state index in [0.29, 0.717) is 36.0 Å². The molecule has 9 heteroatoms. The van der Waals surface area contributed by atoms with E-state index in [4.69, 9.17) is 4.98 Å². The predicted molar refractivity (Wildman–Crippen MR) is 139 cm³/mol. The van der Waals surface area contributed by atoms with Crippen LogP contribution in [0.4, 0.5) is 5.69 Å². The molecule has 0 atom stereocenters. The summed E-state index contributed by atoms with van der Waals surface area (Å²) in [5, 5.41) is 4.21. The second kappa shape index (κ2) is 10.7. The van der Waals surface area contributed by atoms with E-state index in [1.54, 1.807) is 45.1 Å². The number of carbonyl (C=O) groups excluding carboxylic acids is 2. The molecule has 2 aromatic heterocycles. The fourth-order valence-corrected chi connectivity index (χ4v) is 6.53. The van der Waals surface area contributed by atoms with Gasteiger partial charge in [-0.05, 0) is 70.2 Å². The molecule has 3 aromatic rings. The van der Waals surface area contributed by atoms with Crippen LogP contribution < -0.4 is 10.9 Å². The van der Waals surface area contributed by atoms with E-state index in [1.165, 1.54) is 22.2 Å². The van der Waals surface area contributed by atoms with Crippen molar-refractivity contribution in [2.75, 3.05) is 24.2 Å². The van der Waals surface area contributed by atoms with Crippen LogP contribution in [0.25, 0.3) is 10.2 Å². The number of thiophene rings is 1. The molecular formula is C25H30N4O3S2. The van der Waals surface area contributed by atoms with Crippen LogP contribution in [0.15, 0.2) is 34.2 Å². The van der Waals surface area contributed by atoms with Crippen LogP contribution in [0.2, 0.25) is 0 Å². The Morgan fingerprint density at radius 1 is 1.18 bits per heavy atom. The highest BCUT2D eigenvalue weighted by atomic mass is 32.2. The molecule has 2 amide bonds. The Kier molecular flexibility index (Phi) is 7.73. The van der Waals surface area contributed by atoms with E-state index in [9.17, 15) is 14.4 Å². The van der Waals surface area contributed by atoms with Gasteiger partial charge >= 0.3 is 0 Å². The molecule has 0 fully saturated rings. The predicted octanol–water partition coefficient (Wildman–Crippen LogP) is 4.57. The number of hydrogen-bond acceptors (Lipinski definition) is 6. The summed E-state index contributed by atoms with van der Waals surface area (Å²) >= 11 is 2.89. The van der Waals surface area contributed by atoms with Crippen LogP contribution in [0, 0.1) is 0 Å². The molecule has 180 valence electrons. The molecule has 0 unspecified atom stereocenters. The molecule has 0 saturated heterocycles. The van der Waals surface area contributed by atoms with Crippen LogP contribution in [0.3, 0.4) is 0 Å². The van der Waals surface area contributed by atoms with E-state index in [0.717, 1.165) is 35.9 Å². The van der Waals surface area contributed by atoms with Crippen molar-refractivity contribution >= 4 is 50.8 Å². The Hall–Kier alpha value is -2.65. The molecule has 4 rings (SSSR count). The fraction of sp³-hybridized carbons (Fsp3) is 0.440. The number of anilines is 1. The lowest BCUT2D eigenvalue weighted by Gasteiger charge is -2.19. The topological polar surface area (TPSA) is 84.3 Å². The molecular weight excluding hydrogens is 468 g/mol. The highest BCUT2D eigenvalue weighted by molar-refractivity contribution is 7.99. The minimum Gasteiger partial charge on any atom is -0.339 e. The highest BCUT2D eigenvalue weighted by Crippen LogP contribution is 2.34. The Morgan fingerprint density at radius 3 is 2.68 bits per heavy atom. The number of hydrogen-bond donors (Lipinski definition) is 1. The Balaban J connectivity index is 1.49. The maximum Gasteiger partial charge on any atom is 0.263 e. The average molecular weight is 499 g/mol. The van der Waals surface area contributed by atoms with Crippen molar-refractivity contribution in [1.82, 2.24) is 14.5 Å². The molecule has 0 radical (unpaired) electrons.